The van der Waals surface area contributed by atoms with Crippen LogP contribution in [0.2, 0.25) is 0 Å². The second-order valence-electron chi connectivity index (χ2n) is 3.50. The second kappa shape index (κ2) is 4.94. The summed E-state index contributed by atoms with van der Waals surface area (Å²) in [6, 6.07) is 3.56. The van der Waals surface area contributed by atoms with Crippen LogP contribution >= 0.6 is 0 Å². The first-order chi connectivity index (χ1) is 8.20. The minimum atomic E-state index is -4.44. The molecule has 98 valence electrons. The molecule has 0 spiro atoms. The number of halogens is 3. The molecule has 0 fully saturated rings. The first-order valence-corrected chi connectivity index (χ1v) is 4.82. The molecule has 0 aromatic heterocycles. The van der Waals surface area contributed by atoms with Crippen molar-refractivity contribution in [2.45, 2.75) is 13.1 Å². The van der Waals surface area contributed by atoms with E-state index in [9.17, 15) is 13.2 Å². The fourth-order valence-electron chi connectivity index (χ4n) is 1.27. The van der Waals surface area contributed by atoms with E-state index in [4.69, 9.17) is 17.2 Å². The lowest BCUT2D eigenvalue weighted by Crippen LogP contribution is -2.26. The summed E-state index contributed by atoms with van der Waals surface area (Å²) in [5.74, 6) is -0.633. The SMILES string of the molecule is Cc1ccc(N=C(N)N=C(N)N)cc1C(F)(F)F. The number of aryl methyl sites for hydroxylation is 1. The lowest BCUT2D eigenvalue weighted by Gasteiger charge is -2.10. The molecule has 0 radical (unpaired) electrons. The van der Waals surface area contributed by atoms with Gasteiger partial charge >= 0.3 is 6.18 Å². The van der Waals surface area contributed by atoms with E-state index >= 15 is 0 Å². The summed E-state index contributed by atoms with van der Waals surface area (Å²) in [6.07, 6.45) is -4.44. The molecule has 0 amide bonds. The third-order valence-corrected chi connectivity index (χ3v) is 2.01. The van der Waals surface area contributed by atoms with Crippen molar-refractivity contribution in [3.8, 4) is 0 Å². The third kappa shape index (κ3) is 3.65. The zero-order valence-corrected chi connectivity index (χ0v) is 9.49. The van der Waals surface area contributed by atoms with Gasteiger partial charge in [-0.3, -0.25) is 0 Å². The predicted octanol–water partition coefficient (Wildman–Crippen LogP) is 1.23. The van der Waals surface area contributed by atoms with E-state index in [1.165, 1.54) is 19.1 Å². The first-order valence-electron chi connectivity index (χ1n) is 4.82. The van der Waals surface area contributed by atoms with Crippen molar-refractivity contribution < 1.29 is 13.2 Å². The zero-order valence-electron chi connectivity index (χ0n) is 9.49. The molecule has 0 atom stereocenters. The summed E-state index contributed by atoms with van der Waals surface area (Å²) in [4.78, 5) is 7.07. The van der Waals surface area contributed by atoms with Crippen LogP contribution in [0, 0.1) is 6.92 Å². The highest BCUT2D eigenvalue weighted by atomic mass is 19.4. The van der Waals surface area contributed by atoms with Crippen LogP contribution in [0.5, 0.6) is 0 Å². The molecule has 1 rings (SSSR count). The number of guanidine groups is 2. The fraction of sp³-hybridized carbons (Fsp3) is 0.200. The van der Waals surface area contributed by atoms with Crippen LogP contribution < -0.4 is 17.2 Å². The second-order valence-corrected chi connectivity index (χ2v) is 3.50. The van der Waals surface area contributed by atoms with Crippen LogP contribution in [0.1, 0.15) is 11.1 Å². The molecule has 0 aliphatic heterocycles. The van der Waals surface area contributed by atoms with Gasteiger partial charge in [-0.25, -0.2) is 4.99 Å². The average molecular weight is 259 g/mol. The standard InChI is InChI=1S/C10H12F3N5/c1-5-2-3-6(4-7(5)10(11,12)13)17-9(16)18-8(14)15/h2-4H,1H3,(H6,14,15,16,17,18). The Bertz CT molecular complexity index is 501. The average Bonchev–Trinajstić information content (AvgIpc) is 2.17. The van der Waals surface area contributed by atoms with E-state index in [0.717, 1.165) is 6.07 Å². The zero-order chi connectivity index (χ0) is 13.9. The summed E-state index contributed by atoms with van der Waals surface area (Å²) in [5.41, 5.74) is 14.8. The number of benzene rings is 1. The largest absolute Gasteiger partial charge is 0.416 e. The van der Waals surface area contributed by atoms with Crippen LogP contribution in [-0.4, -0.2) is 11.9 Å². The lowest BCUT2D eigenvalue weighted by atomic mass is 10.1. The molecule has 1 aromatic carbocycles. The molecular weight excluding hydrogens is 247 g/mol. The number of nitrogens with two attached hydrogens (primary N) is 3. The Morgan fingerprint density at radius 3 is 2.28 bits per heavy atom. The van der Waals surface area contributed by atoms with E-state index in [1.807, 2.05) is 0 Å². The summed E-state index contributed by atoms with van der Waals surface area (Å²) in [7, 11) is 0. The smallest absolute Gasteiger partial charge is 0.370 e. The Labute approximate surface area is 101 Å². The molecule has 1 aromatic rings. The minimum Gasteiger partial charge on any atom is -0.370 e. The predicted molar refractivity (Wildman–Crippen MR) is 63.3 cm³/mol. The molecule has 0 saturated heterocycles. The Hall–Kier alpha value is -2.25. The molecular formula is C10H12F3N5. The van der Waals surface area contributed by atoms with Crippen molar-refractivity contribution in [2.24, 2.45) is 27.2 Å². The van der Waals surface area contributed by atoms with Crippen molar-refractivity contribution in [1.82, 2.24) is 0 Å². The molecule has 0 bridgehead atoms. The Balaban J connectivity index is 3.18. The topological polar surface area (TPSA) is 103 Å². The minimum absolute atomic E-state index is 0.0235. The van der Waals surface area contributed by atoms with Crippen molar-refractivity contribution >= 4 is 17.6 Å². The Morgan fingerprint density at radius 2 is 1.78 bits per heavy atom. The summed E-state index contributed by atoms with van der Waals surface area (Å²) in [6.45, 7) is 1.36. The van der Waals surface area contributed by atoms with E-state index in [1.54, 1.807) is 0 Å². The fourth-order valence-corrected chi connectivity index (χ4v) is 1.27. The Morgan fingerprint density at radius 1 is 1.17 bits per heavy atom. The third-order valence-electron chi connectivity index (χ3n) is 2.01. The van der Waals surface area contributed by atoms with Crippen molar-refractivity contribution in [3.63, 3.8) is 0 Å². The molecule has 18 heavy (non-hydrogen) atoms. The highest BCUT2D eigenvalue weighted by molar-refractivity contribution is 5.93. The van der Waals surface area contributed by atoms with Gasteiger partial charge < -0.3 is 17.2 Å². The van der Waals surface area contributed by atoms with Gasteiger partial charge in [-0.2, -0.15) is 18.2 Å². The molecule has 5 nitrogen and oxygen atoms in total. The summed E-state index contributed by atoms with van der Waals surface area (Å²) < 4.78 is 37.9. The van der Waals surface area contributed by atoms with E-state index in [0.29, 0.717) is 0 Å². The van der Waals surface area contributed by atoms with Crippen LogP contribution in [-0.2, 0) is 6.18 Å². The van der Waals surface area contributed by atoms with Gasteiger partial charge in [0.05, 0.1) is 11.3 Å². The quantitative estimate of drug-likeness (QED) is 0.522. The molecule has 6 N–H and O–H groups in total. The maximum Gasteiger partial charge on any atom is 0.416 e. The normalized spacial score (nSPS) is 12.3. The first kappa shape index (κ1) is 13.8. The van der Waals surface area contributed by atoms with Gasteiger partial charge in [0.1, 0.15) is 0 Å². The van der Waals surface area contributed by atoms with E-state index < -0.39 is 11.7 Å². The molecule has 8 heteroatoms. The van der Waals surface area contributed by atoms with Gasteiger partial charge in [-0.15, -0.1) is 0 Å². The van der Waals surface area contributed by atoms with Gasteiger partial charge in [0, 0.05) is 0 Å². The summed E-state index contributed by atoms with van der Waals surface area (Å²) in [5, 5.41) is 0. The van der Waals surface area contributed by atoms with Gasteiger partial charge in [0.25, 0.3) is 0 Å². The maximum atomic E-state index is 12.6. The molecule has 0 aliphatic rings. The van der Waals surface area contributed by atoms with Gasteiger partial charge in [-0.1, -0.05) is 6.07 Å². The molecule has 0 aliphatic carbocycles. The van der Waals surface area contributed by atoms with Crippen molar-refractivity contribution in [2.75, 3.05) is 0 Å². The highest BCUT2D eigenvalue weighted by Gasteiger charge is 2.32. The monoisotopic (exact) mass is 259 g/mol. The Kier molecular flexibility index (Phi) is 3.79. The van der Waals surface area contributed by atoms with Gasteiger partial charge in [0.2, 0.25) is 5.96 Å². The maximum absolute atomic E-state index is 12.6. The number of hydrogen-bond donors (Lipinski definition) is 3. The number of aliphatic imine (C=N–C) groups is 2. The van der Waals surface area contributed by atoms with Crippen LogP contribution in [0.15, 0.2) is 28.2 Å². The van der Waals surface area contributed by atoms with Crippen LogP contribution in [0.25, 0.3) is 0 Å². The van der Waals surface area contributed by atoms with E-state index in [-0.39, 0.29) is 23.2 Å². The number of rotatable bonds is 1. The molecule has 0 saturated carbocycles. The number of nitrogens with zero attached hydrogens (tertiary/aromatic N) is 2. The van der Waals surface area contributed by atoms with Crippen LogP contribution in [0.3, 0.4) is 0 Å². The van der Waals surface area contributed by atoms with Crippen LogP contribution in [0.4, 0.5) is 18.9 Å². The van der Waals surface area contributed by atoms with E-state index in [2.05, 4.69) is 9.98 Å². The van der Waals surface area contributed by atoms with Crippen molar-refractivity contribution in [1.29, 1.82) is 0 Å². The van der Waals surface area contributed by atoms with Gasteiger partial charge in [0.15, 0.2) is 5.96 Å². The molecule has 0 unspecified atom stereocenters. The van der Waals surface area contributed by atoms with Crippen molar-refractivity contribution in [3.05, 3.63) is 29.3 Å². The number of alkyl halides is 3. The number of hydrogen-bond acceptors (Lipinski definition) is 1. The van der Waals surface area contributed by atoms with Gasteiger partial charge in [-0.05, 0) is 24.6 Å². The highest BCUT2D eigenvalue weighted by Crippen LogP contribution is 2.34. The summed E-state index contributed by atoms with van der Waals surface area (Å²) >= 11 is 0. The molecule has 0 heterocycles. The lowest BCUT2D eigenvalue weighted by molar-refractivity contribution is -0.138.